The summed E-state index contributed by atoms with van der Waals surface area (Å²) in [6, 6.07) is 0.746. The van der Waals surface area contributed by atoms with E-state index in [1.807, 2.05) is 0 Å². The molecule has 2 aliphatic rings. The number of nitrogens with zero attached hydrogens (tertiary/aromatic N) is 3. The molecule has 2 heterocycles. The van der Waals surface area contributed by atoms with Gasteiger partial charge in [-0.1, -0.05) is 18.5 Å². The first-order valence-electron chi connectivity index (χ1n) is 7.87. The third kappa shape index (κ3) is 3.24. The minimum atomic E-state index is -0.308. The van der Waals surface area contributed by atoms with Crippen LogP contribution in [0.4, 0.5) is 5.69 Å². The molecule has 0 bridgehead atoms. The molecule has 2 fully saturated rings. The molecule has 1 aromatic heterocycles. The van der Waals surface area contributed by atoms with Crippen LogP contribution in [0.2, 0.25) is 5.02 Å². The predicted octanol–water partition coefficient (Wildman–Crippen LogP) is 2.12. The summed E-state index contributed by atoms with van der Waals surface area (Å²) >= 11 is 6.09. The summed E-state index contributed by atoms with van der Waals surface area (Å²) in [5.41, 5.74) is 0.454. The van der Waals surface area contributed by atoms with Crippen molar-refractivity contribution in [2.45, 2.75) is 38.6 Å². The van der Waals surface area contributed by atoms with Gasteiger partial charge in [0, 0.05) is 32.2 Å². The molecule has 116 valence electrons. The zero-order valence-corrected chi connectivity index (χ0v) is 13.3. The lowest BCUT2D eigenvalue weighted by atomic mass is 9.86. The van der Waals surface area contributed by atoms with Crippen LogP contribution in [0.3, 0.4) is 0 Å². The van der Waals surface area contributed by atoms with Crippen molar-refractivity contribution in [3.8, 4) is 0 Å². The SMILES string of the molecule is CC1CCC(N2CCN(c3cn[nH]c(=O)c3Cl)CC2)CC1. The van der Waals surface area contributed by atoms with Crippen LogP contribution in [0.15, 0.2) is 11.0 Å². The van der Waals surface area contributed by atoms with Crippen LogP contribution in [0.5, 0.6) is 0 Å². The highest BCUT2D eigenvalue weighted by molar-refractivity contribution is 6.32. The average Bonchev–Trinajstić information content (AvgIpc) is 2.51. The number of rotatable bonds is 2. The van der Waals surface area contributed by atoms with E-state index in [-0.39, 0.29) is 10.6 Å². The Morgan fingerprint density at radius 3 is 2.52 bits per heavy atom. The Balaban J connectivity index is 1.60. The Hall–Kier alpha value is -1.07. The normalized spacial score (nSPS) is 27.8. The number of anilines is 1. The minimum absolute atomic E-state index is 0.255. The molecular formula is C15H23ClN4O. The van der Waals surface area contributed by atoms with E-state index in [1.54, 1.807) is 6.20 Å². The lowest BCUT2D eigenvalue weighted by Crippen LogP contribution is -2.51. The number of halogens is 1. The average molecular weight is 311 g/mol. The van der Waals surface area contributed by atoms with E-state index in [0.29, 0.717) is 0 Å². The summed E-state index contributed by atoms with van der Waals surface area (Å²) in [5.74, 6) is 0.892. The van der Waals surface area contributed by atoms with Gasteiger partial charge >= 0.3 is 0 Å². The van der Waals surface area contributed by atoms with Gasteiger partial charge in [0.2, 0.25) is 0 Å². The number of hydrogen-bond donors (Lipinski definition) is 1. The Labute approximate surface area is 130 Å². The Bertz CT molecular complexity index is 531. The van der Waals surface area contributed by atoms with Crippen LogP contribution >= 0.6 is 11.6 Å². The van der Waals surface area contributed by atoms with Crippen molar-refractivity contribution < 1.29 is 0 Å². The molecule has 1 aliphatic heterocycles. The highest BCUT2D eigenvalue weighted by Crippen LogP contribution is 2.29. The molecule has 1 saturated heterocycles. The Kier molecular flexibility index (Phi) is 4.50. The van der Waals surface area contributed by atoms with E-state index in [1.165, 1.54) is 25.7 Å². The first kappa shape index (κ1) is 14.9. The smallest absolute Gasteiger partial charge is 0.285 e. The number of aromatic amines is 1. The molecule has 1 saturated carbocycles. The van der Waals surface area contributed by atoms with Gasteiger partial charge in [0.1, 0.15) is 5.02 Å². The second kappa shape index (κ2) is 6.36. The zero-order chi connectivity index (χ0) is 14.8. The third-order valence-corrected chi connectivity index (χ3v) is 5.30. The van der Waals surface area contributed by atoms with E-state index >= 15 is 0 Å². The fraction of sp³-hybridized carbons (Fsp3) is 0.733. The molecule has 0 unspecified atom stereocenters. The van der Waals surface area contributed by atoms with Gasteiger partial charge in [-0.15, -0.1) is 0 Å². The molecule has 6 heteroatoms. The van der Waals surface area contributed by atoms with Crippen LogP contribution in [-0.4, -0.2) is 47.3 Å². The van der Waals surface area contributed by atoms with Crippen LogP contribution in [0.1, 0.15) is 32.6 Å². The third-order valence-electron chi connectivity index (χ3n) is 4.93. The first-order valence-corrected chi connectivity index (χ1v) is 8.25. The van der Waals surface area contributed by atoms with E-state index in [2.05, 4.69) is 26.9 Å². The first-order chi connectivity index (χ1) is 10.1. The summed E-state index contributed by atoms with van der Waals surface area (Å²) < 4.78 is 0. The minimum Gasteiger partial charge on any atom is -0.366 e. The Morgan fingerprint density at radius 2 is 1.86 bits per heavy atom. The molecule has 0 atom stereocenters. The molecule has 0 amide bonds. The van der Waals surface area contributed by atoms with Gasteiger partial charge in [0.05, 0.1) is 11.9 Å². The van der Waals surface area contributed by atoms with E-state index in [0.717, 1.165) is 43.8 Å². The van der Waals surface area contributed by atoms with Gasteiger partial charge in [0.15, 0.2) is 0 Å². The Morgan fingerprint density at radius 1 is 1.19 bits per heavy atom. The van der Waals surface area contributed by atoms with Crippen LogP contribution in [-0.2, 0) is 0 Å². The number of H-pyrrole nitrogens is 1. The monoisotopic (exact) mass is 310 g/mol. The van der Waals surface area contributed by atoms with E-state index < -0.39 is 0 Å². The fourth-order valence-corrected chi connectivity index (χ4v) is 3.74. The summed E-state index contributed by atoms with van der Waals surface area (Å²) in [6.45, 7) is 6.27. The molecule has 3 rings (SSSR count). The van der Waals surface area contributed by atoms with Gasteiger partial charge in [-0.3, -0.25) is 9.69 Å². The number of hydrogen-bond acceptors (Lipinski definition) is 4. The molecule has 1 aliphatic carbocycles. The van der Waals surface area contributed by atoms with Crippen molar-refractivity contribution in [2.24, 2.45) is 5.92 Å². The number of piperazine rings is 1. The van der Waals surface area contributed by atoms with Crippen LogP contribution in [0.25, 0.3) is 0 Å². The molecule has 5 nitrogen and oxygen atoms in total. The maximum absolute atomic E-state index is 11.5. The summed E-state index contributed by atoms with van der Waals surface area (Å²) in [5, 5.41) is 6.48. The second-order valence-electron chi connectivity index (χ2n) is 6.34. The van der Waals surface area contributed by atoms with E-state index in [9.17, 15) is 4.79 Å². The lowest BCUT2D eigenvalue weighted by molar-refractivity contribution is 0.133. The maximum atomic E-state index is 11.5. The molecule has 0 aromatic carbocycles. The number of nitrogens with one attached hydrogen (secondary N) is 1. The highest BCUT2D eigenvalue weighted by Gasteiger charge is 2.27. The van der Waals surface area contributed by atoms with Gasteiger partial charge in [0.25, 0.3) is 5.56 Å². The predicted molar refractivity (Wildman–Crippen MR) is 85.1 cm³/mol. The van der Waals surface area contributed by atoms with Gasteiger partial charge in [-0.05, 0) is 31.6 Å². The lowest BCUT2D eigenvalue weighted by Gasteiger charge is -2.42. The van der Waals surface area contributed by atoms with Gasteiger partial charge in [-0.25, -0.2) is 5.10 Å². The largest absolute Gasteiger partial charge is 0.366 e. The molecule has 21 heavy (non-hydrogen) atoms. The topological polar surface area (TPSA) is 52.2 Å². The summed E-state index contributed by atoms with van der Waals surface area (Å²) in [7, 11) is 0. The quantitative estimate of drug-likeness (QED) is 0.909. The number of aromatic nitrogens is 2. The van der Waals surface area contributed by atoms with Gasteiger partial charge in [-0.2, -0.15) is 5.10 Å². The molecule has 1 N–H and O–H groups in total. The van der Waals surface area contributed by atoms with Crippen LogP contribution in [0, 0.1) is 5.92 Å². The van der Waals surface area contributed by atoms with Crippen molar-refractivity contribution >= 4 is 17.3 Å². The zero-order valence-electron chi connectivity index (χ0n) is 12.5. The molecule has 0 radical (unpaired) electrons. The van der Waals surface area contributed by atoms with Crippen molar-refractivity contribution in [3.05, 3.63) is 21.6 Å². The van der Waals surface area contributed by atoms with Crippen molar-refractivity contribution in [1.82, 2.24) is 15.1 Å². The van der Waals surface area contributed by atoms with Crippen molar-refractivity contribution in [2.75, 3.05) is 31.1 Å². The maximum Gasteiger partial charge on any atom is 0.285 e. The second-order valence-corrected chi connectivity index (χ2v) is 6.71. The van der Waals surface area contributed by atoms with E-state index in [4.69, 9.17) is 11.6 Å². The van der Waals surface area contributed by atoms with Crippen LogP contribution < -0.4 is 10.5 Å². The van der Waals surface area contributed by atoms with Crippen molar-refractivity contribution in [1.29, 1.82) is 0 Å². The molecular weight excluding hydrogens is 288 g/mol. The fourth-order valence-electron chi connectivity index (χ4n) is 3.53. The molecule has 0 spiro atoms. The molecule has 1 aromatic rings. The van der Waals surface area contributed by atoms with Crippen molar-refractivity contribution in [3.63, 3.8) is 0 Å². The summed E-state index contributed by atoms with van der Waals surface area (Å²) in [6.07, 6.45) is 7.02. The van der Waals surface area contributed by atoms with Gasteiger partial charge < -0.3 is 4.90 Å². The highest BCUT2D eigenvalue weighted by atomic mass is 35.5. The standard InChI is InChI=1S/C15H23ClN4O/c1-11-2-4-12(5-3-11)19-6-8-20(9-7-19)13-10-17-18-15(21)14(13)16/h10-12H,2-9H2,1H3,(H,18,21). The summed E-state index contributed by atoms with van der Waals surface area (Å²) in [4.78, 5) is 16.3.